The quantitative estimate of drug-likeness (QED) is 0.883. The smallest absolute Gasteiger partial charge is 0.310 e. The van der Waals surface area contributed by atoms with Crippen molar-refractivity contribution in [1.29, 1.82) is 0 Å². The summed E-state index contributed by atoms with van der Waals surface area (Å²) in [7, 11) is 0. The Hall–Kier alpha value is -1.96. The zero-order valence-corrected chi connectivity index (χ0v) is 13.2. The van der Waals surface area contributed by atoms with Crippen LogP contribution in [0.3, 0.4) is 0 Å². The van der Waals surface area contributed by atoms with E-state index in [1.165, 1.54) is 24.0 Å². The van der Waals surface area contributed by atoms with Crippen molar-refractivity contribution in [2.75, 3.05) is 6.61 Å². The Kier molecular flexibility index (Phi) is 3.43. The zero-order valence-electron chi connectivity index (χ0n) is 11.6. The lowest BCUT2D eigenvalue weighted by molar-refractivity contribution is -0.116. The van der Waals surface area contributed by atoms with Crippen LogP contribution in [-0.4, -0.2) is 28.3 Å². The number of alkyl halides is 2. The molecule has 2 N–H and O–H groups in total. The van der Waals surface area contributed by atoms with E-state index in [1.807, 2.05) is 24.3 Å². The molecule has 0 saturated carbocycles. The maximum Gasteiger partial charge on any atom is 0.310 e. The van der Waals surface area contributed by atoms with Crippen LogP contribution in [0.1, 0.15) is 12.5 Å². The first-order valence-electron chi connectivity index (χ1n) is 6.49. The van der Waals surface area contributed by atoms with E-state index >= 15 is 0 Å². The molecule has 0 radical (unpaired) electrons. The molecule has 22 heavy (non-hydrogen) atoms. The average molecular weight is 371 g/mol. The molecule has 1 aliphatic heterocycles. The lowest BCUT2D eigenvalue weighted by atomic mass is 9.88. The van der Waals surface area contributed by atoms with Gasteiger partial charge in [0.15, 0.2) is 12.1 Å². The molecular weight excluding hydrogens is 358 g/mol. The fourth-order valence-electron chi connectivity index (χ4n) is 2.25. The molecule has 0 bridgehead atoms. The number of hydrogen-bond acceptors (Lipinski definition) is 4. The number of amidine groups is 1. The molecule has 0 amide bonds. The summed E-state index contributed by atoms with van der Waals surface area (Å²) in [6.45, 7) is 0.519. The van der Waals surface area contributed by atoms with Gasteiger partial charge in [-0.05, 0) is 25.1 Å². The Morgan fingerprint density at radius 2 is 2.18 bits per heavy atom. The van der Waals surface area contributed by atoms with E-state index in [1.54, 1.807) is 0 Å². The maximum absolute atomic E-state index is 14.3. The number of nitrogens with zero attached hydrogens (tertiary/aromatic N) is 3. The topological polar surface area (TPSA) is 65.4 Å². The number of benzene rings is 1. The molecule has 1 unspecified atom stereocenters. The lowest BCUT2D eigenvalue weighted by Crippen LogP contribution is -2.50. The van der Waals surface area contributed by atoms with Crippen LogP contribution in [0.2, 0.25) is 0 Å². The van der Waals surface area contributed by atoms with Gasteiger partial charge in [-0.1, -0.05) is 22.0 Å². The summed E-state index contributed by atoms with van der Waals surface area (Å²) in [4.78, 5) is 3.82. The number of aromatic nitrogens is 2. The van der Waals surface area contributed by atoms with E-state index in [0.717, 1.165) is 10.2 Å². The number of nitrogens with two attached hydrogens (primary N) is 1. The van der Waals surface area contributed by atoms with E-state index < -0.39 is 18.1 Å². The number of halogens is 3. The van der Waals surface area contributed by atoms with Crippen molar-refractivity contribution in [3.63, 3.8) is 0 Å². The summed E-state index contributed by atoms with van der Waals surface area (Å²) in [6, 6.07) is 7.11. The van der Waals surface area contributed by atoms with Gasteiger partial charge in [-0.3, -0.25) is 0 Å². The van der Waals surface area contributed by atoms with Crippen LogP contribution < -0.4 is 5.73 Å². The predicted octanol–water partition coefficient (Wildman–Crippen LogP) is 2.83. The highest BCUT2D eigenvalue weighted by Crippen LogP contribution is 2.43. The molecule has 0 aliphatic carbocycles. The van der Waals surface area contributed by atoms with Crippen molar-refractivity contribution in [2.45, 2.75) is 18.4 Å². The molecule has 2 aromatic rings. The highest BCUT2D eigenvalue weighted by Gasteiger charge is 2.55. The second-order valence-electron chi connectivity index (χ2n) is 5.17. The van der Waals surface area contributed by atoms with E-state index in [2.05, 4.69) is 30.8 Å². The molecule has 116 valence electrons. The fraction of sp³-hybridized carbons (Fsp3) is 0.286. The Labute approximate surface area is 133 Å². The first-order chi connectivity index (χ1) is 10.3. The molecule has 0 saturated heterocycles. The van der Waals surface area contributed by atoms with Crippen LogP contribution in [0.25, 0.3) is 5.69 Å². The minimum Gasteiger partial charge on any atom is -0.459 e. The van der Waals surface area contributed by atoms with Crippen LogP contribution in [0.4, 0.5) is 8.78 Å². The summed E-state index contributed by atoms with van der Waals surface area (Å²) in [6.07, 6.45) is 2.90. The highest BCUT2D eigenvalue weighted by atomic mass is 79.9. The second-order valence-corrected chi connectivity index (χ2v) is 6.08. The van der Waals surface area contributed by atoms with Gasteiger partial charge < -0.3 is 10.5 Å². The molecule has 2 heterocycles. The van der Waals surface area contributed by atoms with Gasteiger partial charge in [0.05, 0.1) is 11.9 Å². The monoisotopic (exact) mass is 370 g/mol. The molecule has 5 nitrogen and oxygen atoms in total. The average Bonchev–Trinajstić information content (AvgIpc) is 2.94. The summed E-state index contributed by atoms with van der Waals surface area (Å²) in [5.74, 6) is -3.18. The number of hydrogen-bond donors (Lipinski definition) is 1. The molecule has 3 rings (SSSR count). The van der Waals surface area contributed by atoms with E-state index in [-0.39, 0.29) is 11.6 Å². The predicted molar refractivity (Wildman–Crippen MR) is 81.1 cm³/mol. The van der Waals surface area contributed by atoms with Gasteiger partial charge in [-0.2, -0.15) is 13.9 Å². The van der Waals surface area contributed by atoms with Gasteiger partial charge in [0, 0.05) is 16.2 Å². The summed E-state index contributed by atoms with van der Waals surface area (Å²) in [5, 5.41) is 4.15. The van der Waals surface area contributed by atoms with Crippen molar-refractivity contribution in [2.24, 2.45) is 10.7 Å². The van der Waals surface area contributed by atoms with Gasteiger partial charge >= 0.3 is 5.92 Å². The van der Waals surface area contributed by atoms with Gasteiger partial charge in [-0.25, -0.2) is 9.67 Å². The van der Waals surface area contributed by atoms with Crippen molar-refractivity contribution >= 4 is 22.0 Å². The minimum atomic E-state index is -3.18. The first kappa shape index (κ1) is 15.0. The third-order valence-electron chi connectivity index (χ3n) is 3.66. The standard InChI is InChI=1S/C14H13BrF2N4O/c1-13(14(16,17)8-22-12(18)20-13)9-6-19-21(7-9)11-4-2-3-10(15)5-11/h2-7H,8H2,1H3,(H2,18,20). The van der Waals surface area contributed by atoms with Crippen LogP contribution in [0.5, 0.6) is 0 Å². The molecular formula is C14H13BrF2N4O. The van der Waals surface area contributed by atoms with Gasteiger partial charge in [0.2, 0.25) is 0 Å². The van der Waals surface area contributed by atoms with Gasteiger partial charge in [0.1, 0.15) is 0 Å². The number of aliphatic imine (C=N–C) groups is 1. The van der Waals surface area contributed by atoms with Crippen LogP contribution >= 0.6 is 15.9 Å². The largest absolute Gasteiger partial charge is 0.459 e. The Balaban J connectivity index is 2.04. The summed E-state index contributed by atoms with van der Waals surface area (Å²) in [5.41, 5.74) is 4.68. The molecule has 1 atom stereocenters. The van der Waals surface area contributed by atoms with E-state index in [9.17, 15) is 8.78 Å². The fourth-order valence-corrected chi connectivity index (χ4v) is 2.64. The Bertz CT molecular complexity index is 746. The SMILES string of the molecule is CC1(c2cnn(-c3cccc(Br)c3)c2)N=C(N)OCC1(F)F. The molecule has 1 aromatic carbocycles. The van der Waals surface area contributed by atoms with Crippen LogP contribution in [0, 0.1) is 0 Å². The van der Waals surface area contributed by atoms with Gasteiger partial charge in [-0.15, -0.1) is 0 Å². The third-order valence-corrected chi connectivity index (χ3v) is 4.16. The lowest BCUT2D eigenvalue weighted by Gasteiger charge is -2.36. The highest BCUT2D eigenvalue weighted by molar-refractivity contribution is 9.10. The van der Waals surface area contributed by atoms with Crippen molar-refractivity contribution in [1.82, 2.24) is 9.78 Å². The third kappa shape index (κ3) is 2.37. The zero-order chi connectivity index (χ0) is 16.0. The molecule has 1 aliphatic rings. The molecule has 0 spiro atoms. The summed E-state index contributed by atoms with van der Waals surface area (Å²) >= 11 is 3.36. The first-order valence-corrected chi connectivity index (χ1v) is 7.28. The van der Waals surface area contributed by atoms with Crippen molar-refractivity contribution in [3.8, 4) is 5.69 Å². The van der Waals surface area contributed by atoms with Gasteiger partial charge in [0.25, 0.3) is 6.02 Å². The van der Waals surface area contributed by atoms with Crippen molar-refractivity contribution < 1.29 is 13.5 Å². The molecule has 1 aromatic heterocycles. The Morgan fingerprint density at radius 3 is 2.91 bits per heavy atom. The number of ether oxygens (including phenoxy) is 1. The number of rotatable bonds is 2. The van der Waals surface area contributed by atoms with Crippen LogP contribution in [-0.2, 0) is 10.3 Å². The molecule has 8 heteroatoms. The van der Waals surface area contributed by atoms with Crippen molar-refractivity contribution in [3.05, 3.63) is 46.7 Å². The van der Waals surface area contributed by atoms with E-state index in [0.29, 0.717) is 0 Å². The van der Waals surface area contributed by atoms with Crippen LogP contribution in [0.15, 0.2) is 46.1 Å². The van der Waals surface area contributed by atoms with E-state index in [4.69, 9.17) is 5.73 Å². The second kappa shape index (κ2) is 5.05. The normalized spacial score (nSPS) is 23.7. The molecule has 0 fully saturated rings. The Morgan fingerprint density at radius 1 is 1.41 bits per heavy atom. The maximum atomic E-state index is 14.3. The summed E-state index contributed by atoms with van der Waals surface area (Å²) < 4.78 is 35.6. The minimum absolute atomic E-state index is 0.247.